The minimum absolute atomic E-state index is 0.221. The Morgan fingerprint density at radius 2 is 1.22 bits per heavy atom. The molecule has 2 amide bonds. The second-order valence-corrected chi connectivity index (χ2v) is 9.03. The van der Waals surface area contributed by atoms with E-state index in [1.807, 2.05) is 41.5 Å². The molecule has 0 spiro atoms. The molecular weight excluding hydrogens is 348 g/mol. The van der Waals surface area contributed by atoms with Gasteiger partial charge in [-0.05, 0) is 73.9 Å². The Labute approximate surface area is 163 Å². The van der Waals surface area contributed by atoms with Crippen molar-refractivity contribution in [2.75, 3.05) is 26.2 Å². The summed E-state index contributed by atoms with van der Waals surface area (Å²) in [5.74, 6) is 0. The van der Waals surface area contributed by atoms with Crippen LogP contribution in [0.1, 0.15) is 60.8 Å². The topological polar surface area (TPSA) is 101 Å². The summed E-state index contributed by atoms with van der Waals surface area (Å²) in [6.45, 7) is 14.9. The zero-order chi connectivity index (χ0) is 20.5. The molecule has 8 nitrogen and oxygen atoms in total. The van der Waals surface area contributed by atoms with Gasteiger partial charge in [0.15, 0.2) is 0 Å². The van der Waals surface area contributed by atoms with Gasteiger partial charge in [-0.3, -0.25) is 0 Å². The fraction of sp³-hybridized carbons (Fsp3) is 0.895. The molecule has 0 aromatic heterocycles. The second-order valence-electron chi connectivity index (χ2n) is 9.03. The molecule has 0 radical (unpaired) electrons. The van der Waals surface area contributed by atoms with E-state index in [1.165, 1.54) is 0 Å². The maximum Gasteiger partial charge on any atom is 0.407 e. The van der Waals surface area contributed by atoms with E-state index in [-0.39, 0.29) is 24.3 Å². The number of amides is 2. The van der Waals surface area contributed by atoms with Crippen molar-refractivity contribution >= 4 is 12.2 Å². The number of hydrogen-bond donors (Lipinski definition) is 4. The average Bonchev–Trinajstić information content (AvgIpc) is 2.97. The number of carbonyl (C=O) groups is 2. The van der Waals surface area contributed by atoms with Crippen LogP contribution in [-0.4, -0.2) is 61.7 Å². The van der Waals surface area contributed by atoms with Crippen LogP contribution < -0.4 is 21.3 Å². The summed E-state index contributed by atoms with van der Waals surface area (Å²) in [6.07, 6.45) is 2.50. The molecule has 2 aliphatic rings. The number of rotatable bonds is 2. The Kier molecular flexibility index (Phi) is 9.32. The molecule has 2 saturated heterocycles. The highest BCUT2D eigenvalue weighted by Crippen LogP contribution is 2.09. The average molecular weight is 387 g/mol. The number of ether oxygens (including phenoxy) is 2. The lowest BCUT2D eigenvalue weighted by Crippen LogP contribution is -2.47. The van der Waals surface area contributed by atoms with E-state index in [0.29, 0.717) is 0 Å². The third kappa shape index (κ3) is 12.5. The number of alkyl carbamates (subject to hydrolysis) is 2. The summed E-state index contributed by atoms with van der Waals surface area (Å²) >= 11 is 0. The zero-order valence-electron chi connectivity index (χ0n) is 17.7. The third-order valence-electron chi connectivity index (χ3n) is 3.80. The fourth-order valence-corrected chi connectivity index (χ4v) is 2.70. The van der Waals surface area contributed by atoms with Gasteiger partial charge < -0.3 is 30.7 Å². The fourth-order valence-electron chi connectivity index (χ4n) is 2.70. The molecule has 1 unspecified atom stereocenters. The number of hydrogen-bond acceptors (Lipinski definition) is 6. The van der Waals surface area contributed by atoms with Crippen molar-refractivity contribution in [1.82, 2.24) is 21.3 Å². The lowest BCUT2D eigenvalue weighted by Gasteiger charge is -2.26. The minimum Gasteiger partial charge on any atom is -0.444 e. The summed E-state index contributed by atoms with van der Waals surface area (Å²) in [4.78, 5) is 22.6. The first kappa shape index (κ1) is 23.5. The Hall–Kier alpha value is -1.54. The van der Waals surface area contributed by atoms with Crippen molar-refractivity contribution in [2.45, 2.75) is 84.1 Å². The van der Waals surface area contributed by atoms with E-state index in [0.717, 1.165) is 45.4 Å². The van der Waals surface area contributed by atoms with Crippen LogP contribution in [0.5, 0.6) is 0 Å². The van der Waals surface area contributed by atoms with Gasteiger partial charge in [0, 0.05) is 25.2 Å². The standard InChI is InChI=1S/C10H20N2O2.C9H18N2O2/c1-10(2,3)14-9(13)12-8-5-4-6-11-7-8;1-9(2,3)13-8(12)11-7-4-5-10-6-7/h8,11H,4-7H2,1-3H3,(H,12,13);7,10H,4-6H2,1-3H3,(H,11,12)/t8-;/m1./s1. The normalized spacial score (nSPS) is 22.9. The van der Waals surface area contributed by atoms with E-state index in [1.54, 1.807) is 0 Å². The van der Waals surface area contributed by atoms with Gasteiger partial charge in [-0.2, -0.15) is 0 Å². The zero-order valence-corrected chi connectivity index (χ0v) is 17.7. The van der Waals surface area contributed by atoms with E-state index in [4.69, 9.17) is 9.47 Å². The molecule has 2 heterocycles. The van der Waals surface area contributed by atoms with E-state index >= 15 is 0 Å². The van der Waals surface area contributed by atoms with Crippen LogP contribution in [0.3, 0.4) is 0 Å². The molecule has 2 atom stereocenters. The van der Waals surface area contributed by atoms with Crippen molar-refractivity contribution in [3.8, 4) is 0 Å². The Balaban J connectivity index is 0.000000271. The molecule has 0 aromatic carbocycles. The van der Waals surface area contributed by atoms with Crippen molar-refractivity contribution < 1.29 is 19.1 Å². The van der Waals surface area contributed by atoms with Crippen LogP contribution in [-0.2, 0) is 9.47 Å². The van der Waals surface area contributed by atoms with Gasteiger partial charge >= 0.3 is 12.2 Å². The quantitative estimate of drug-likeness (QED) is 0.580. The van der Waals surface area contributed by atoms with Crippen molar-refractivity contribution in [2.24, 2.45) is 0 Å². The van der Waals surface area contributed by atoms with Gasteiger partial charge in [-0.1, -0.05) is 0 Å². The van der Waals surface area contributed by atoms with Crippen LogP contribution in [0.25, 0.3) is 0 Å². The number of nitrogens with one attached hydrogen (secondary N) is 4. The van der Waals surface area contributed by atoms with Crippen molar-refractivity contribution in [3.63, 3.8) is 0 Å². The van der Waals surface area contributed by atoms with Crippen LogP contribution in [0.15, 0.2) is 0 Å². The van der Waals surface area contributed by atoms with E-state index in [9.17, 15) is 9.59 Å². The largest absolute Gasteiger partial charge is 0.444 e. The minimum atomic E-state index is -0.411. The van der Waals surface area contributed by atoms with Crippen molar-refractivity contribution in [1.29, 1.82) is 0 Å². The summed E-state index contributed by atoms with van der Waals surface area (Å²) < 4.78 is 10.3. The third-order valence-corrected chi connectivity index (χ3v) is 3.80. The Morgan fingerprint density at radius 3 is 1.59 bits per heavy atom. The lowest BCUT2D eigenvalue weighted by molar-refractivity contribution is 0.0489. The highest BCUT2D eigenvalue weighted by Gasteiger charge is 2.21. The highest BCUT2D eigenvalue weighted by molar-refractivity contribution is 5.68. The van der Waals surface area contributed by atoms with Gasteiger partial charge in [0.05, 0.1) is 0 Å². The molecule has 0 bridgehead atoms. The molecule has 0 aromatic rings. The first-order valence-corrected chi connectivity index (χ1v) is 9.85. The van der Waals surface area contributed by atoms with Gasteiger partial charge in [0.2, 0.25) is 0 Å². The first-order valence-electron chi connectivity index (χ1n) is 9.85. The van der Waals surface area contributed by atoms with Crippen LogP contribution in [0.4, 0.5) is 9.59 Å². The first-order chi connectivity index (χ1) is 12.4. The predicted octanol–water partition coefficient (Wildman–Crippen LogP) is 2.14. The molecule has 158 valence electrons. The monoisotopic (exact) mass is 386 g/mol. The van der Waals surface area contributed by atoms with Gasteiger partial charge in [0.25, 0.3) is 0 Å². The Morgan fingerprint density at radius 1 is 0.778 bits per heavy atom. The second kappa shape index (κ2) is 10.7. The van der Waals surface area contributed by atoms with Gasteiger partial charge in [-0.25, -0.2) is 9.59 Å². The number of piperidine rings is 1. The van der Waals surface area contributed by atoms with Crippen molar-refractivity contribution in [3.05, 3.63) is 0 Å². The highest BCUT2D eigenvalue weighted by atomic mass is 16.6. The van der Waals surface area contributed by atoms with Crippen LogP contribution in [0, 0.1) is 0 Å². The lowest BCUT2D eigenvalue weighted by atomic mass is 10.1. The van der Waals surface area contributed by atoms with Crippen LogP contribution in [0.2, 0.25) is 0 Å². The molecule has 0 aliphatic carbocycles. The van der Waals surface area contributed by atoms with Gasteiger partial charge in [0.1, 0.15) is 11.2 Å². The smallest absolute Gasteiger partial charge is 0.407 e. The van der Waals surface area contributed by atoms with Crippen LogP contribution >= 0.6 is 0 Å². The summed E-state index contributed by atoms with van der Waals surface area (Å²) in [7, 11) is 0. The molecule has 2 fully saturated rings. The molecule has 8 heteroatoms. The molecule has 2 aliphatic heterocycles. The predicted molar refractivity (Wildman–Crippen MR) is 106 cm³/mol. The molecule has 2 rings (SSSR count). The molecule has 27 heavy (non-hydrogen) atoms. The summed E-state index contributed by atoms with van der Waals surface area (Å²) in [5.41, 5.74) is -0.817. The van der Waals surface area contributed by atoms with Gasteiger partial charge in [-0.15, -0.1) is 0 Å². The summed E-state index contributed by atoms with van der Waals surface area (Å²) in [6, 6.07) is 0.452. The van der Waals surface area contributed by atoms with E-state index in [2.05, 4.69) is 21.3 Å². The molecular formula is C19H38N4O4. The maximum absolute atomic E-state index is 11.4. The summed E-state index contributed by atoms with van der Waals surface area (Å²) in [5, 5.41) is 12.1. The molecule has 4 N–H and O–H groups in total. The molecule has 0 saturated carbocycles. The van der Waals surface area contributed by atoms with E-state index < -0.39 is 11.2 Å². The number of carbonyl (C=O) groups excluding carboxylic acids is 2. The Bertz CT molecular complexity index is 459. The SMILES string of the molecule is CC(C)(C)OC(=O)NC1CCNC1.CC(C)(C)OC(=O)N[C@@H]1CCCNC1. The maximum atomic E-state index is 11.4.